The second kappa shape index (κ2) is 11.0. The lowest BCUT2D eigenvalue weighted by atomic mass is 9.72. The molecule has 1 heterocycles. The summed E-state index contributed by atoms with van der Waals surface area (Å²) in [4.78, 5) is 18.1. The summed E-state index contributed by atoms with van der Waals surface area (Å²) in [6, 6.07) is 9.59. The lowest BCUT2D eigenvalue weighted by Crippen LogP contribution is -2.48. The van der Waals surface area contributed by atoms with Crippen LogP contribution in [0.25, 0.3) is 0 Å². The average molecular weight is 430 g/mol. The van der Waals surface area contributed by atoms with Crippen LogP contribution in [-0.4, -0.2) is 54.0 Å². The fourth-order valence-corrected chi connectivity index (χ4v) is 5.06. The van der Waals surface area contributed by atoms with Gasteiger partial charge in [0.05, 0.1) is 5.41 Å². The van der Waals surface area contributed by atoms with Crippen LogP contribution in [0.5, 0.6) is 0 Å². The standard InChI is InChI=1S/C27H47N3O/c1-21(2)30(22(3)4)20-16-27(25(28)31,15-19-29-17-9-8-10-18-29)24-13-11-23(12-14-24)26(5,6)7/h11-14,21-22H,8-10,15-20H2,1-7H3,(H2,28,31)/t27-/m1/s1. The molecule has 0 aromatic heterocycles. The summed E-state index contributed by atoms with van der Waals surface area (Å²) < 4.78 is 0. The number of nitrogens with zero attached hydrogens (tertiary/aromatic N) is 2. The van der Waals surface area contributed by atoms with Crippen LogP contribution >= 0.6 is 0 Å². The Morgan fingerprint density at radius 3 is 1.90 bits per heavy atom. The maximum atomic E-state index is 13.1. The Morgan fingerprint density at radius 1 is 0.935 bits per heavy atom. The van der Waals surface area contributed by atoms with Crippen molar-refractivity contribution in [3.05, 3.63) is 35.4 Å². The van der Waals surface area contributed by atoms with E-state index < -0.39 is 5.41 Å². The van der Waals surface area contributed by atoms with Crippen molar-refractivity contribution in [1.29, 1.82) is 0 Å². The largest absolute Gasteiger partial charge is 0.369 e. The minimum absolute atomic E-state index is 0.0911. The number of nitrogens with two attached hydrogens (primary N) is 1. The molecule has 1 aliphatic heterocycles. The van der Waals surface area contributed by atoms with Gasteiger partial charge in [-0.05, 0) is 89.6 Å². The van der Waals surface area contributed by atoms with Crippen molar-refractivity contribution in [2.45, 2.75) is 103 Å². The molecule has 31 heavy (non-hydrogen) atoms. The summed E-state index contributed by atoms with van der Waals surface area (Å²) in [5.41, 5.74) is 8.04. The third kappa shape index (κ3) is 6.79. The number of carbonyl (C=O) groups excluding carboxylic acids is 1. The molecule has 4 nitrogen and oxygen atoms in total. The highest BCUT2D eigenvalue weighted by atomic mass is 16.1. The summed E-state index contributed by atoms with van der Waals surface area (Å²) in [7, 11) is 0. The molecule has 1 saturated heterocycles. The molecule has 1 aromatic rings. The van der Waals surface area contributed by atoms with E-state index in [2.05, 4.69) is 82.5 Å². The van der Waals surface area contributed by atoms with Gasteiger partial charge in [0, 0.05) is 18.6 Å². The molecule has 1 amide bonds. The van der Waals surface area contributed by atoms with Crippen LogP contribution in [0.15, 0.2) is 24.3 Å². The van der Waals surface area contributed by atoms with Crippen molar-refractivity contribution < 1.29 is 4.79 Å². The zero-order chi connectivity index (χ0) is 23.2. The van der Waals surface area contributed by atoms with Gasteiger partial charge in [-0.2, -0.15) is 0 Å². The Kier molecular flexibility index (Phi) is 9.14. The van der Waals surface area contributed by atoms with E-state index in [9.17, 15) is 4.79 Å². The van der Waals surface area contributed by atoms with Crippen LogP contribution in [-0.2, 0) is 15.6 Å². The first kappa shape index (κ1) is 25.9. The third-order valence-corrected chi connectivity index (χ3v) is 7.20. The number of carbonyl (C=O) groups is 1. The molecular weight excluding hydrogens is 382 g/mol. The van der Waals surface area contributed by atoms with Crippen LogP contribution in [0.2, 0.25) is 0 Å². The predicted octanol–water partition coefficient (Wildman–Crippen LogP) is 5.09. The van der Waals surface area contributed by atoms with E-state index in [-0.39, 0.29) is 11.3 Å². The van der Waals surface area contributed by atoms with Gasteiger partial charge in [0.15, 0.2) is 0 Å². The minimum Gasteiger partial charge on any atom is -0.369 e. The first-order chi connectivity index (χ1) is 14.5. The molecule has 0 radical (unpaired) electrons. The SMILES string of the molecule is CC(C)N(CC[C@@](CCN1CCCCC1)(C(N)=O)c1ccc(C(C)(C)C)cc1)C(C)C. The highest BCUT2D eigenvalue weighted by Gasteiger charge is 2.39. The fraction of sp³-hybridized carbons (Fsp3) is 0.741. The van der Waals surface area contributed by atoms with Crippen molar-refractivity contribution in [1.82, 2.24) is 9.80 Å². The minimum atomic E-state index is -0.629. The summed E-state index contributed by atoms with van der Waals surface area (Å²) >= 11 is 0. The van der Waals surface area contributed by atoms with E-state index in [1.54, 1.807) is 0 Å². The normalized spacial score (nSPS) is 18.0. The van der Waals surface area contributed by atoms with Crippen molar-refractivity contribution in [3.8, 4) is 0 Å². The topological polar surface area (TPSA) is 49.6 Å². The van der Waals surface area contributed by atoms with Crippen molar-refractivity contribution in [2.75, 3.05) is 26.2 Å². The Labute approximate surface area is 191 Å². The van der Waals surface area contributed by atoms with E-state index in [1.807, 2.05) is 0 Å². The number of benzene rings is 1. The number of piperidine rings is 1. The molecule has 2 N–H and O–H groups in total. The number of hydrogen-bond donors (Lipinski definition) is 1. The van der Waals surface area contributed by atoms with Gasteiger partial charge in [-0.25, -0.2) is 0 Å². The Balaban J connectivity index is 2.35. The van der Waals surface area contributed by atoms with Gasteiger partial charge < -0.3 is 10.6 Å². The van der Waals surface area contributed by atoms with Crippen LogP contribution in [0.4, 0.5) is 0 Å². The molecule has 0 saturated carbocycles. The van der Waals surface area contributed by atoms with Crippen molar-refractivity contribution in [2.24, 2.45) is 5.73 Å². The number of hydrogen-bond acceptors (Lipinski definition) is 3. The fourth-order valence-electron chi connectivity index (χ4n) is 5.06. The van der Waals surface area contributed by atoms with Gasteiger partial charge in [0.2, 0.25) is 5.91 Å². The van der Waals surface area contributed by atoms with Crippen LogP contribution < -0.4 is 5.73 Å². The number of amides is 1. The molecule has 176 valence electrons. The van der Waals surface area contributed by atoms with E-state index in [1.165, 1.54) is 24.8 Å². The molecule has 0 bridgehead atoms. The molecule has 1 atom stereocenters. The summed E-state index contributed by atoms with van der Waals surface area (Å²) in [6.07, 6.45) is 5.41. The van der Waals surface area contributed by atoms with E-state index in [0.717, 1.165) is 44.6 Å². The molecule has 0 unspecified atom stereocenters. The van der Waals surface area contributed by atoms with Gasteiger partial charge in [-0.3, -0.25) is 9.69 Å². The molecule has 1 aromatic carbocycles. The first-order valence-electron chi connectivity index (χ1n) is 12.4. The molecule has 0 spiro atoms. The van der Waals surface area contributed by atoms with Gasteiger partial charge in [-0.1, -0.05) is 51.5 Å². The zero-order valence-electron chi connectivity index (χ0n) is 21.2. The van der Waals surface area contributed by atoms with Crippen LogP contribution in [0.3, 0.4) is 0 Å². The second-order valence-corrected chi connectivity index (χ2v) is 11.1. The predicted molar refractivity (Wildman–Crippen MR) is 133 cm³/mol. The summed E-state index contributed by atoms with van der Waals surface area (Å²) in [6.45, 7) is 19.7. The highest BCUT2D eigenvalue weighted by Crippen LogP contribution is 2.35. The van der Waals surface area contributed by atoms with Crippen molar-refractivity contribution >= 4 is 5.91 Å². The first-order valence-corrected chi connectivity index (χ1v) is 12.4. The Bertz CT molecular complexity index is 675. The van der Waals surface area contributed by atoms with Gasteiger partial charge in [0.1, 0.15) is 0 Å². The lowest BCUT2D eigenvalue weighted by Gasteiger charge is -2.38. The smallest absolute Gasteiger partial charge is 0.228 e. The Hall–Kier alpha value is -1.39. The van der Waals surface area contributed by atoms with Gasteiger partial charge >= 0.3 is 0 Å². The van der Waals surface area contributed by atoms with E-state index in [0.29, 0.717) is 12.1 Å². The van der Waals surface area contributed by atoms with Gasteiger partial charge in [0.25, 0.3) is 0 Å². The lowest BCUT2D eigenvalue weighted by molar-refractivity contribution is -0.124. The number of primary amides is 1. The van der Waals surface area contributed by atoms with E-state index >= 15 is 0 Å². The van der Waals surface area contributed by atoms with Crippen LogP contribution in [0, 0.1) is 0 Å². The third-order valence-electron chi connectivity index (χ3n) is 7.20. The summed E-state index contributed by atoms with van der Waals surface area (Å²) in [5, 5.41) is 0. The Morgan fingerprint density at radius 2 is 1.45 bits per heavy atom. The van der Waals surface area contributed by atoms with Crippen molar-refractivity contribution in [3.63, 3.8) is 0 Å². The zero-order valence-corrected chi connectivity index (χ0v) is 21.2. The van der Waals surface area contributed by atoms with Gasteiger partial charge in [-0.15, -0.1) is 0 Å². The number of likely N-dealkylation sites (tertiary alicyclic amines) is 1. The molecule has 2 rings (SSSR count). The van der Waals surface area contributed by atoms with Crippen LogP contribution in [0.1, 0.15) is 91.7 Å². The quantitative estimate of drug-likeness (QED) is 0.563. The molecular formula is C27H47N3O. The summed E-state index contributed by atoms with van der Waals surface area (Å²) in [5.74, 6) is -0.180. The van der Waals surface area contributed by atoms with E-state index in [4.69, 9.17) is 5.73 Å². The number of rotatable bonds is 10. The molecule has 1 aliphatic rings. The maximum absolute atomic E-state index is 13.1. The monoisotopic (exact) mass is 429 g/mol. The maximum Gasteiger partial charge on any atom is 0.228 e. The highest BCUT2D eigenvalue weighted by molar-refractivity contribution is 5.86. The molecule has 1 fully saturated rings. The average Bonchev–Trinajstić information content (AvgIpc) is 2.70. The molecule has 4 heteroatoms. The second-order valence-electron chi connectivity index (χ2n) is 11.1. The molecule has 0 aliphatic carbocycles.